The molecule has 1 aromatic heterocycles. The highest BCUT2D eigenvalue weighted by Crippen LogP contribution is 2.48. The van der Waals surface area contributed by atoms with Gasteiger partial charge < -0.3 is 14.2 Å². The summed E-state index contributed by atoms with van der Waals surface area (Å²) in [7, 11) is 2.30. The van der Waals surface area contributed by atoms with E-state index in [1.165, 1.54) is 29.5 Å². The molecular formula is C59H82BN2O. The summed E-state index contributed by atoms with van der Waals surface area (Å²) in [6, 6.07) is 4.83. The van der Waals surface area contributed by atoms with E-state index in [9.17, 15) is 0 Å². The Labute approximate surface area is 386 Å². The molecule has 0 saturated heterocycles. The summed E-state index contributed by atoms with van der Waals surface area (Å²) in [6.07, 6.45) is 35.4. The first-order chi connectivity index (χ1) is 29.6. The van der Waals surface area contributed by atoms with Crippen molar-refractivity contribution in [3.63, 3.8) is 0 Å². The van der Waals surface area contributed by atoms with Gasteiger partial charge in [-0.3, -0.25) is 0 Å². The van der Waals surface area contributed by atoms with Crippen molar-refractivity contribution >= 4 is 29.6 Å². The third kappa shape index (κ3) is 12.3. The molecule has 63 heavy (non-hydrogen) atoms. The van der Waals surface area contributed by atoms with Gasteiger partial charge in [0.2, 0.25) is 7.28 Å². The maximum Gasteiger partial charge on any atom is 0.246 e. The first kappa shape index (κ1) is 50.9. The van der Waals surface area contributed by atoms with E-state index in [-0.39, 0.29) is 21.7 Å². The van der Waals surface area contributed by atoms with Crippen LogP contribution in [-0.4, -0.2) is 25.3 Å². The van der Waals surface area contributed by atoms with Crippen LogP contribution in [0, 0.1) is 10.8 Å². The zero-order valence-corrected chi connectivity index (χ0v) is 42.3. The lowest BCUT2D eigenvalue weighted by Gasteiger charge is -2.41. The lowest BCUT2D eigenvalue weighted by Crippen LogP contribution is -2.34. The van der Waals surface area contributed by atoms with Gasteiger partial charge in [0.25, 0.3) is 0 Å². The Kier molecular flexibility index (Phi) is 17.2. The average molecular weight is 846 g/mol. The van der Waals surface area contributed by atoms with Crippen LogP contribution in [0.4, 0.5) is 5.69 Å². The minimum absolute atomic E-state index is 0.0366. The number of benzene rings is 1. The van der Waals surface area contributed by atoms with Crippen LogP contribution in [0.25, 0.3) is 11.0 Å². The summed E-state index contributed by atoms with van der Waals surface area (Å²) in [5.41, 5.74) is 14.7. The van der Waals surface area contributed by atoms with E-state index in [1.54, 1.807) is 0 Å². The molecule has 3 nitrogen and oxygen atoms in total. The van der Waals surface area contributed by atoms with Crippen LogP contribution < -0.4 is 10.6 Å². The van der Waals surface area contributed by atoms with Crippen molar-refractivity contribution in [2.75, 3.05) is 18.0 Å². The Morgan fingerprint density at radius 3 is 2.17 bits per heavy atom. The number of hydrogen-bond acceptors (Lipinski definition) is 3. The van der Waals surface area contributed by atoms with Crippen molar-refractivity contribution in [1.29, 1.82) is 0 Å². The molecule has 4 rings (SSSR count). The second kappa shape index (κ2) is 21.3. The van der Waals surface area contributed by atoms with Crippen molar-refractivity contribution < 1.29 is 4.42 Å². The van der Waals surface area contributed by atoms with Crippen molar-refractivity contribution in [1.82, 2.24) is 4.90 Å². The molecule has 1 radical (unpaired) electrons. The minimum atomic E-state index is -0.0396. The van der Waals surface area contributed by atoms with E-state index in [0.29, 0.717) is 13.1 Å². The van der Waals surface area contributed by atoms with E-state index >= 15 is 0 Å². The van der Waals surface area contributed by atoms with Gasteiger partial charge in [-0.25, -0.2) is 0 Å². The molecule has 337 valence electrons. The molecule has 0 saturated carbocycles. The molecule has 0 fully saturated rings. The molecule has 0 N–H and O–H groups in total. The Morgan fingerprint density at radius 2 is 1.60 bits per heavy atom. The van der Waals surface area contributed by atoms with Crippen LogP contribution in [0.15, 0.2) is 160 Å². The van der Waals surface area contributed by atoms with Crippen LogP contribution in [-0.2, 0) is 10.8 Å². The zero-order chi connectivity index (χ0) is 46.9. The number of furan rings is 1. The summed E-state index contributed by atoms with van der Waals surface area (Å²) in [5.74, 6) is 0. The Morgan fingerprint density at radius 1 is 0.937 bits per heavy atom. The number of allylic oxidation sites excluding steroid dienone is 17. The van der Waals surface area contributed by atoms with Crippen molar-refractivity contribution in [2.45, 2.75) is 153 Å². The van der Waals surface area contributed by atoms with Crippen LogP contribution >= 0.6 is 0 Å². The molecule has 1 aromatic carbocycles. The lowest BCUT2D eigenvalue weighted by atomic mass is 9.62. The standard InChI is InChI=1S/C59H82BN2O/c1-19-25-29-45(48(24-6)42(7)22-4)31-37-61-44(9)52(39-43(8)56(10,11)12)60-55-54(49-40-50-51(41-53(49)63-55)59(17,18)36-35-58(50,15)16)62(38-32-47(61)28-21-3)46(23-5)30-27-34-57(13,14)33-26-20-2/h21-25,27-32,34,39-41H,4-6,19-20,26,33,35-38H2,1-3,7-18H3/b28-21-,29-25-,34-27+,43-39+,45-31+,46-30+,47-32+,48-42+,52-44-. The van der Waals surface area contributed by atoms with Gasteiger partial charge in [-0.05, 0) is 139 Å². The number of rotatable bonds is 16. The monoisotopic (exact) mass is 846 g/mol. The van der Waals surface area contributed by atoms with Gasteiger partial charge in [0.1, 0.15) is 5.58 Å². The summed E-state index contributed by atoms with van der Waals surface area (Å²) in [6.45, 7) is 48.3. The fourth-order valence-electron chi connectivity index (χ4n) is 8.63. The average Bonchev–Trinajstić information content (AvgIpc) is 3.58. The molecule has 2 aliphatic rings. The summed E-state index contributed by atoms with van der Waals surface area (Å²) in [5, 5.41) is 1.13. The number of anilines is 1. The van der Waals surface area contributed by atoms with Gasteiger partial charge in [-0.2, -0.15) is 0 Å². The number of hydrogen-bond donors (Lipinski definition) is 0. The van der Waals surface area contributed by atoms with Crippen LogP contribution in [0.1, 0.15) is 154 Å². The van der Waals surface area contributed by atoms with Gasteiger partial charge in [-0.15, -0.1) is 0 Å². The Balaban J connectivity index is 2.18. The fourth-order valence-corrected chi connectivity index (χ4v) is 8.63. The van der Waals surface area contributed by atoms with Gasteiger partial charge >= 0.3 is 0 Å². The fraction of sp³-hybridized carbons (Fsp3) is 0.458. The van der Waals surface area contributed by atoms with Crippen molar-refractivity contribution in [2.24, 2.45) is 10.8 Å². The quantitative estimate of drug-likeness (QED) is 0.124. The third-order valence-electron chi connectivity index (χ3n) is 13.5. The smallest absolute Gasteiger partial charge is 0.246 e. The SMILES string of the molecule is C=C/C(=C\C=C\C(C)(C)CCCC)N1C/C=C(\C=C/C)N(C/C=C(\C=C/CC)C(/C=C)=C(\C)C=C)/C(C)=C(/C=C(\C)C(C)(C)C)[B]c2oc3cc4c(cc3c21)C(C)(C)CCC4(C)C. The Hall–Kier alpha value is -4.70. The predicted molar refractivity (Wildman–Crippen MR) is 281 cm³/mol. The van der Waals surface area contributed by atoms with Gasteiger partial charge in [0.15, 0.2) is 0 Å². The maximum absolute atomic E-state index is 7.22. The topological polar surface area (TPSA) is 19.6 Å². The normalized spacial score (nSPS) is 20.4. The molecule has 0 bridgehead atoms. The van der Waals surface area contributed by atoms with E-state index in [2.05, 4.69) is 214 Å². The molecule has 0 unspecified atom stereocenters. The second-order valence-electron chi connectivity index (χ2n) is 20.8. The third-order valence-corrected chi connectivity index (χ3v) is 13.5. The molecule has 1 aliphatic carbocycles. The lowest BCUT2D eigenvalue weighted by molar-refractivity contribution is 0.332. The number of fused-ring (bicyclic) bond motifs is 4. The summed E-state index contributed by atoms with van der Waals surface area (Å²) < 4.78 is 7.22. The van der Waals surface area contributed by atoms with Crippen molar-refractivity contribution in [3.05, 3.63) is 167 Å². The molecule has 2 heterocycles. The summed E-state index contributed by atoms with van der Waals surface area (Å²) >= 11 is 0. The minimum Gasteiger partial charge on any atom is -0.469 e. The highest BCUT2D eigenvalue weighted by molar-refractivity contribution is 6.63. The maximum atomic E-state index is 7.22. The van der Waals surface area contributed by atoms with Crippen molar-refractivity contribution in [3.8, 4) is 0 Å². The largest absolute Gasteiger partial charge is 0.469 e. The van der Waals surface area contributed by atoms with Gasteiger partial charge in [0, 0.05) is 35.6 Å². The molecule has 0 amide bonds. The second-order valence-corrected chi connectivity index (χ2v) is 20.8. The predicted octanol–water partition coefficient (Wildman–Crippen LogP) is 16.3. The van der Waals surface area contributed by atoms with Gasteiger partial charge in [0.05, 0.1) is 11.3 Å². The first-order valence-electron chi connectivity index (χ1n) is 23.7. The zero-order valence-electron chi connectivity index (χ0n) is 42.3. The molecule has 4 heteroatoms. The van der Waals surface area contributed by atoms with E-state index in [4.69, 9.17) is 4.42 Å². The number of unbranched alkanes of at least 4 members (excludes halogenated alkanes) is 1. The van der Waals surface area contributed by atoms with Crippen LogP contribution in [0.3, 0.4) is 0 Å². The highest BCUT2D eigenvalue weighted by Gasteiger charge is 2.39. The molecule has 1 aliphatic heterocycles. The van der Waals surface area contributed by atoms with Crippen LogP contribution in [0.5, 0.6) is 0 Å². The molecular weight excluding hydrogens is 763 g/mol. The number of nitrogens with zero attached hydrogens (tertiary/aromatic N) is 2. The van der Waals surface area contributed by atoms with E-state index in [1.807, 2.05) is 18.2 Å². The molecule has 2 aromatic rings. The van der Waals surface area contributed by atoms with E-state index < -0.39 is 0 Å². The van der Waals surface area contributed by atoms with E-state index in [0.717, 1.165) is 87.3 Å². The Bertz CT molecular complexity index is 2290. The van der Waals surface area contributed by atoms with Gasteiger partial charge in [-0.1, -0.05) is 174 Å². The first-order valence-corrected chi connectivity index (χ1v) is 23.7. The van der Waals surface area contributed by atoms with Crippen LogP contribution in [0.2, 0.25) is 0 Å². The highest BCUT2D eigenvalue weighted by atomic mass is 16.3. The molecule has 0 atom stereocenters. The molecule has 0 spiro atoms. The summed E-state index contributed by atoms with van der Waals surface area (Å²) in [4.78, 5) is 4.88.